The molecule has 0 fully saturated rings. The molecule has 1 atom stereocenters. The molecule has 0 saturated heterocycles. The third kappa shape index (κ3) is 8.49. The number of unbranched alkanes of at least 4 members (excludes halogenated alkanes) is 2. The van der Waals surface area contributed by atoms with E-state index in [0.29, 0.717) is 18.7 Å². The summed E-state index contributed by atoms with van der Waals surface area (Å²) in [6.45, 7) is 5.06. The first kappa shape index (κ1) is 17.4. The van der Waals surface area contributed by atoms with Crippen molar-refractivity contribution in [2.24, 2.45) is 0 Å². The minimum Gasteiger partial charge on any atom is -0.450 e. The second-order valence-corrected chi connectivity index (χ2v) is 6.57. The van der Waals surface area contributed by atoms with Crippen LogP contribution in [-0.2, 0) is 13.6 Å². The summed E-state index contributed by atoms with van der Waals surface area (Å²) in [5.74, 6) is 0. The van der Waals surface area contributed by atoms with Crippen molar-refractivity contribution in [3.05, 3.63) is 0 Å². The Morgan fingerprint density at radius 2 is 1.89 bits per heavy atom. The van der Waals surface area contributed by atoms with Crippen LogP contribution in [0, 0.1) is 0 Å². The van der Waals surface area contributed by atoms with E-state index in [4.69, 9.17) is 13.6 Å². The van der Waals surface area contributed by atoms with Crippen LogP contribution in [0.25, 0.3) is 0 Å². The number of ether oxygens (including phenoxy) is 1. The molecule has 0 aliphatic carbocycles. The van der Waals surface area contributed by atoms with Crippen LogP contribution in [0.4, 0.5) is 4.79 Å². The number of carbonyl (C=O) groups excluding carboxylic acids is 1. The maximum absolute atomic E-state index is 11.0. The zero-order valence-electron chi connectivity index (χ0n) is 12.0. The van der Waals surface area contributed by atoms with Crippen LogP contribution in [0.2, 0.25) is 5.54 Å². The molecule has 0 aromatic heterocycles. The van der Waals surface area contributed by atoms with Gasteiger partial charge in [0.1, 0.15) is 0 Å². The van der Waals surface area contributed by atoms with Crippen molar-refractivity contribution >= 4 is 15.4 Å². The lowest BCUT2D eigenvalue weighted by molar-refractivity contribution is 0.152. The van der Waals surface area contributed by atoms with Gasteiger partial charge in [-0.25, -0.2) is 4.79 Å². The van der Waals surface area contributed by atoms with Gasteiger partial charge in [-0.2, -0.15) is 0 Å². The van der Waals surface area contributed by atoms with E-state index in [0.717, 1.165) is 25.7 Å². The third-order valence-corrected chi connectivity index (χ3v) is 4.56. The first-order valence-electron chi connectivity index (χ1n) is 6.51. The summed E-state index contributed by atoms with van der Waals surface area (Å²) in [6, 6.07) is 0. The second kappa shape index (κ2) is 11.5. The fourth-order valence-corrected chi connectivity index (χ4v) is 3.14. The molecule has 1 amide bonds. The lowest BCUT2D eigenvalue weighted by atomic mass is 10.1. The minimum absolute atomic E-state index is 0.324. The average molecular weight is 276 g/mol. The van der Waals surface area contributed by atoms with E-state index in [1.165, 1.54) is 0 Å². The van der Waals surface area contributed by atoms with Gasteiger partial charge in [0, 0.05) is 26.3 Å². The van der Waals surface area contributed by atoms with Gasteiger partial charge in [0.25, 0.3) is 0 Å². The van der Waals surface area contributed by atoms with Gasteiger partial charge in [-0.1, -0.05) is 19.8 Å². The Bertz CT molecular complexity index is 212. The summed E-state index contributed by atoms with van der Waals surface area (Å²) in [6.07, 6.45) is 3.99. The maximum Gasteiger partial charge on any atom is 0.407 e. The van der Waals surface area contributed by atoms with E-state index in [2.05, 4.69) is 12.2 Å². The highest BCUT2D eigenvalue weighted by Gasteiger charge is 2.20. The van der Waals surface area contributed by atoms with Crippen molar-refractivity contribution in [1.29, 1.82) is 0 Å². The van der Waals surface area contributed by atoms with E-state index in [-0.39, 0.29) is 6.09 Å². The Morgan fingerprint density at radius 3 is 2.44 bits per heavy atom. The fraction of sp³-hybridized carbons (Fsp3) is 0.917. The first-order chi connectivity index (χ1) is 8.65. The number of amides is 1. The Morgan fingerprint density at radius 1 is 1.22 bits per heavy atom. The number of carbonyl (C=O) groups is 1. The van der Waals surface area contributed by atoms with Gasteiger partial charge in [0.15, 0.2) is 0 Å². The summed E-state index contributed by atoms with van der Waals surface area (Å²) in [4.78, 5) is 11.0. The van der Waals surface area contributed by atoms with E-state index in [1.54, 1.807) is 21.1 Å². The molecule has 0 bridgehead atoms. The van der Waals surface area contributed by atoms with Crippen molar-refractivity contribution in [1.82, 2.24) is 5.32 Å². The van der Waals surface area contributed by atoms with Gasteiger partial charge in [-0.05, 0) is 19.8 Å². The molecule has 0 aliphatic rings. The number of hydrogen-bond acceptors (Lipinski definition) is 4. The molecule has 6 heteroatoms. The van der Waals surface area contributed by atoms with Crippen molar-refractivity contribution in [3.63, 3.8) is 0 Å². The lowest BCUT2D eigenvalue weighted by Crippen LogP contribution is -2.25. The molecule has 1 radical (unpaired) electrons. The highest BCUT2D eigenvalue weighted by molar-refractivity contribution is 6.46. The van der Waals surface area contributed by atoms with Crippen molar-refractivity contribution in [2.75, 3.05) is 27.4 Å². The third-order valence-electron chi connectivity index (χ3n) is 2.66. The summed E-state index contributed by atoms with van der Waals surface area (Å²) < 4.78 is 15.4. The molecule has 0 heterocycles. The molecular weight excluding hydrogens is 250 g/mol. The maximum atomic E-state index is 11.0. The molecular formula is C12H26NO4Si. The predicted molar refractivity (Wildman–Crippen MR) is 72.7 cm³/mol. The molecule has 0 spiro atoms. The predicted octanol–water partition coefficient (Wildman–Crippen LogP) is 2.46. The topological polar surface area (TPSA) is 56.8 Å². The number of nitrogens with one attached hydrogen (secondary N) is 1. The smallest absolute Gasteiger partial charge is 0.407 e. The van der Waals surface area contributed by atoms with E-state index in [9.17, 15) is 4.79 Å². The normalized spacial score (nSPS) is 12.5. The second-order valence-electron chi connectivity index (χ2n) is 4.12. The number of hydrogen-bond donors (Lipinski definition) is 1. The van der Waals surface area contributed by atoms with Gasteiger partial charge in [0.05, 0.1) is 6.61 Å². The number of alkyl carbamates (subject to hydrolysis) is 1. The molecule has 0 saturated carbocycles. The van der Waals surface area contributed by atoms with Crippen LogP contribution in [0.1, 0.15) is 39.5 Å². The van der Waals surface area contributed by atoms with Crippen LogP contribution < -0.4 is 5.32 Å². The molecule has 0 aromatic rings. The molecule has 1 N–H and O–H groups in total. The summed E-state index contributed by atoms with van der Waals surface area (Å²) in [5, 5.41) is 2.71. The molecule has 1 unspecified atom stereocenters. The van der Waals surface area contributed by atoms with Gasteiger partial charge in [0.2, 0.25) is 0 Å². The van der Waals surface area contributed by atoms with E-state index in [1.807, 2.05) is 0 Å². The molecule has 18 heavy (non-hydrogen) atoms. The van der Waals surface area contributed by atoms with Crippen molar-refractivity contribution in [2.45, 2.75) is 45.1 Å². The van der Waals surface area contributed by atoms with Gasteiger partial charge < -0.3 is 18.9 Å². The molecule has 0 rings (SSSR count). The molecule has 5 nitrogen and oxygen atoms in total. The van der Waals surface area contributed by atoms with Crippen LogP contribution in [0.3, 0.4) is 0 Å². The monoisotopic (exact) mass is 276 g/mol. The van der Waals surface area contributed by atoms with E-state index >= 15 is 0 Å². The first-order valence-corrected chi connectivity index (χ1v) is 7.90. The van der Waals surface area contributed by atoms with E-state index < -0.39 is 9.28 Å². The van der Waals surface area contributed by atoms with Crippen molar-refractivity contribution in [3.8, 4) is 0 Å². The lowest BCUT2D eigenvalue weighted by Gasteiger charge is -2.16. The fourth-order valence-electron chi connectivity index (χ4n) is 1.73. The summed E-state index contributed by atoms with van der Waals surface area (Å²) in [7, 11) is 2.31. The average Bonchev–Trinajstić information content (AvgIpc) is 2.35. The highest BCUT2D eigenvalue weighted by atomic mass is 28.3. The minimum atomic E-state index is -1.10. The van der Waals surface area contributed by atoms with Crippen LogP contribution in [0.5, 0.6) is 0 Å². The zero-order valence-corrected chi connectivity index (χ0v) is 13.0. The van der Waals surface area contributed by atoms with Gasteiger partial charge in [-0.3, -0.25) is 0 Å². The van der Waals surface area contributed by atoms with Crippen LogP contribution >= 0.6 is 0 Å². The standard InChI is InChI=1S/C12H26NO4Si/c1-5-17-12(14)13-10-8-6-7-9-11(2)18(15-3)16-4/h11H,5-10H2,1-4H3,(H,13,14). The van der Waals surface area contributed by atoms with Gasteiger partial charge in [-0.15, -0.1) is 0 Å². The Balaban J connectivity index is 3.42. The quantitative estimate of drug-likeness (QED) is 0.492. The Hall–Kier alpha value is -0.593. The zero-order chi connectivity index (χ0) is 13.8. The van der Waals surface area contributed by atoms with Gasteiger partial charge >= 0.3 is 15.4 Å². The Kier molecular flexibility index (Phi) is 11.1. The van der Waals surface area contributed by atoms with Crippen molar-refractivity contribution < 1.29 is 18.4 Å². The number of rotatable bonds is 10. The SMILES string of the molecule is CCOC(=O)NCCCCCC(C)[Si](OC)OC. The van der Waals surface area contributed by atoms with Crippen LogP contribution in [0.15, 0.2) is 0 Å². The largest absolute Gasteiger partial charge is 0.450 e. The molecule has 0 aliphatic heterocycles. The summed E-state index contributed by atoms with van der Waals surface area (Å²) >= 11 is 0. The Labute approximate surface area is 112 Å². The highest BCUT2D eigenvalue weighted by Crippen LogP contribution is 2.18. The summed E-state index contributed by atoms with van der Waals surface area (Å²) in [5.41, 5.74) is 0.489. The molecule has 0 aromatic carbocycles. The molecule has 107 valence electrons. The van der Waals surface area contributed by atoms with Crippen LogP contribution in [-0.4, -0.2) is 42.7 Å².